The number of nitrogens with one attached hydrogen (secondary N) is 1. The van der Waals surface area contributed by atoms with Gasteiger partial charge in [0.05, 0.1) is 17.2 Å². The zero-order valence-corrected chi connectivity index (χ0v) is 13.9. The van der Waals surface area contributed by atoms with Crippen molar-refractivity contribution in [3.05, 3.63) is 40.3 Å². The van der Waals surface area contributed by atoms with Gasteiger partial charge in [0.15, 0.2) is 5.96 Å². The van der Waals surface area contributed by atoms with Crippen LogP contribution < -0.4 is 15.8 Å². The van der Waals surface area contributed by atoms with E-state index >= 15 is 0 Å². The molecule has 0 aliphatic rings. The predicted molar refractivity (Wildman–Crippen MR) is 88.3 cm³/mol. The lowest BCUT2D eigenvalue weighted by molar-refractivity contribution is -0.274. The van der Waals surface area contributed by atoms with E-state index in [-0.39, 0.29) is 11.7 Å². The fourth-order valence-electron chi connectivity index (χ4n) is 1.75. The van der Waals surface area contributed by atoms with Gasteiger partial charge in [-0.1, -0.05) is 13.8 Å². The molecule has 0 amide bonds. The summed E-state index contributed by atoms with van der Waals surface area (Å²) in [5.41, 5.74) is 7.09. The van der Waals surface area contributed by atoms with Gasteiger partial charge in [-0.15, -0.1) is 24.5 Å². The Bertz CT molecular complexity index is 695. The molecule has 130 valence electrons. The van der Waals surface area contributed by atoms with E-state index in [4.69, 9.17) is 5.73 Å². The summed E-state index contributed by atoms with van der Waals surface area (Å²) in [6.07, 6.45) is -4.71. The summed E-state index contributed by atoms with van der Waals surface area (Å²) < 4.78 is 40.0. The van der Waals surface area contributed by atoms with Crippen LogP contribution >= 0.6 is 11.3 Å². The van der Waals surface area contributed by atoms with Gasteiger partial charge in [-0.25, -0.2) is 9.98 Å². The average Bonchev–Trinajstić information content (AvgIpc) is 2.95. The van der Waals surface area contributed by atoms with Gasteiger partial charge in [-0.2, -0.15) is 0 Å². The Hall–Kier alpha value is -2.29. The molecule has 2 aromatic rings. The van der Waals surface area contributed by atoms with Crippen LogP contribution in [-0.4, -0.2) is 17.3 Å². The molecule has 0 saturated carbocycles. The molecule has 1 heterocycles. The summed E-state index contributed by atoms with van der Waals surface area (Å²) in [7, 11) is 0. The first-order valence-electron chi connectivity index (χ1n) is 7.10. The third-order valence-electron chi connectivity index (χ3n) is 2.84. The van der Waals surface area contributed by atoms with Crippen LogP contribution in [-0.2, 0) is 6.54 Å². The number of nitrogens with zero attached hydrogens (tertiary/aromatic N) is 2. The van der Waals surface area contributed by atoms with E-state index in [1.54, 1.807) is 11.3 Å². The topological polar surface area (TPSA) is 72.5 Å². The number of aliphatic imine (C=N–C) groups is 1. The summed E-state index contributed by atoms with van der Waals surface area (Å²) in [4.78, 5) is 8.60. The molecule has 0 aliphatic carbocycles. The van der Waals surface area contributed by atoms with Crippen LogP contribution in [0.25, 0.3) is 0 Å². The number of anilines is 1. The monoisotopic (exact) mass is 358 g/mol. The SMILES string of the molecule is CC(C)c1nc(CN=C(N)Nc2ccc(OC(F)(F)F)cc2)cs1. The van der Waals surface area contributed by atoms with Gasteiger partial charge >= 0.3 is 6.36 Å². The molecule has 0 bridgehead atoms. The maximum atomic E-state index is 12.1. The molecule has 0 spiro atoms. The maximum absolute atomic E-state index is 12.1. The van der Waals surface area contributed by atoms with Crippen molar-refractivity contribution < 1.29 is 17.9 Å². The molecule has 0 atom stereocenters. The van der Waals surface area contributed by atoms with Crippen LogP contribution in [0, 0.1) is 0 Å². The summed E-state index contributed by atoms with van der Waals surface area (Å²) in [5.74, 6) is 0.214. The van der Waals surface area contributed by atoms with Gasteiger partial charge in [0.2, 0.25) is 0 Å². The van der Waals surface area contributed by atoms with Crippen LogP contribution in [0.1, 0.15) is 30.5 Å². The molecule has 1 aromatic carbocycles. The number of ether oxygens (including phenoxy) is 1. The number of rotatable bonds is 5. The van der Waals surface area contributed by atoms with Crippen molar-refractivity contribution in [1.82, 2.24) is 4.98 Å². The first kappa shape index (κ1) is 18.1. The highest BCUT2D eigenvalue weighted by Gasteiger charge is 2.30. The van der Waals surface area contributed by atoms with E-state index < -0.39 is 6.36 Å². The average molecular weight is 358 g/mol. The summed E-state index contributed by atoms with van der Waals surface area (Å²) >= 11 is 1.57. The molecule has 0 radical (unpaired) electrons. The van der Waals surface area contributed by atoms with Crippen molar-refractivity contribution in [3.8, 4) is 5.75 Å². The summed E-state index contributed by atoms with van der Waals surface area (Å²) in [6, 6.07) is 5.23. The molecule has 2 rings (SSSR count). The molecular formula is C15H17F3N4OS. The number of guanidine groups is 1. The lowest BCUT2D eigenvalue weighted by Gasteiger charge is -2.10. The Balaban J connectivity index is 1.92. The first-order chi connectivity index (χ1) is 11.2. The first-order valence-corrected chi connectivity index (χ1v) is 7.98. The molecule has 0 fully saturated rings. The molecule has 3 N–H and O–H groups in total. The molecule has 5 nitrogen and oxygen atoms in total. The Morgan fingerprint density at radius 3 is 2.54 bits per heavy atom. The highest BCUT2D eigenvalue weighted by atomic mass is 32.1. The van der Waals surface area contributed by atoms with E-state index in [1.165, 1.54) is 24.3 Å². The predicted octanol–water partition coefficient (Wildman–Crippen LogP) is 4.09. The van der Waals surface area contributed by atoms with E-state index in [2.05, 4.69) is 33.9 Å². The summed E-state index contributed by atoms with van der Waals surface area (Å²) in [5, 5.41) is 5.76. The smallest absolute Gasteiger partial charge is 0.406 e. The van der Waals surface area contributed by atoms with Crippen molar-refractivity contribution in [3.63, 3.8) is 0 Å². The van der Waals surface area contributed by atoms with Crippen LogP contribution in [0.4, 0.5) is 18.9 Å². The normalized spacial score (nSPS) is 12.5. The van der Waals surface area contributed by atoms with E-state index in [9.17, 15) is 13.2 Å². The quantitative estimate of drug-likeness (QED) is 0.624. The van der Waals surface area contributed by atoms with E-state index in [0.717, 1.165) is 10.7 Å². The minimum Gasteiger partial charge on any atom is -0.406 e. The van der Waals surface area contributed by atoms with Crippen molar-refractivity contribution >= 4 is 23.0 Å². The minimum absolute atomic E-state index is 0.151. The number of benzene rings is 1. The Labute approximate surface area is 141 Å². The van der Waals surface area contributed by atoms with E-state index in [0.29, 0.717) is 18.2 Å². The molecule has 1 aromatic heterocycles. The number of thiazole rings is 1. The minimum atomic E-state index is -4.71. The van der Waals surface area contributed by atoms with Gasteiger partial charge in [0.1, 0.15) is 5.75 Å². The van der Waals surface area contributed by atoms with Gasteiger partial charge < -0.3 is 15.8 Å². The van der Waals surface area contributed by atoms with E-state index in [1.807, 2.05) is 5.38 Å². The second-order valence-corrected chi connectivity index (χ2v) is 6.12. The number of alkyl halides is 3. The van der Waals surface area contributed by atoms with Gasteiger partial charge in [-0.3, -0.25) is 0 Å². The number of aromatic nitrogens is 1. The number of hydrogen-bond acceptors (Lipinski definition) is 4. The van der Waals surface area contributed by atoms with Gasteiger partial charge in [-0.05, 0) is 24.3 Å². The Morgan fingerprint density at radius 1 is 1.33 bits per heavy atom. The van der Waals surface area contributed by atoms with Gasteiger partial charge in [0, 0.05) is 17.0 Å². The molecule has 0 unspecified atom stereocenters. The van der Waals surface area contributed by atoms with Crippen molar-refractivity contribution in [1.29, 1.82) is 0 Å². The van der Waals surface area contributed by atoms with Crippen molar-refractivity contribution in [2.24, 2.45) is 10.7 Å². The number of halogens is 3. The largest absolute Gasteiger partial charge is 0.573 e. The molecule has 24 heavy (non-hydrogen) atoms. The van der Waals surface area contributed by atoms with Crippen LogP contribution in [0.15, 0.2) is 34.6 Å². The third kappa shape index (κ3) is 5.73. The zero-order valence-electron chi connectivity index (χ0n) is 13.1. The number of hydrogen-bond donors (Lipinski definition) is 2. The highest BCUT2D eigenvalue weighted by molar-refractivity contribution is 7.09. The van der Waals surface area contributed by atoms with Gasteiger partial charge in [0.25, 0.3) is 0 Å². The second-order valence-electron chi connectivity index (χ2n) is 5.23. The zero-order chi connectivity index (χ0) is 17.7. The molecular weight excluding hydrogens is 341 g/mol. The molecule has 0 aliphatic heterocycles. The highest BCUT2D eigenvalue weighted by Crippen LogP contribution is 2.24. The fraction of sp³-hybridized carbons (Fsp3) is 0.333. The second kappa shape index (κ2) is 7.52. The van der Waals surface area contributed by atoms with Crippen LogP contribution in [0.2, 0.25) is 0 Å². The lowest BCUT2D eigenvalue weighted by atomic mass is 10.2. The van der Waals surface area contributed by atoms with Crippen molar-refractivity contribution in [2.45, 2.75) is 32.7 Å². The standard InChI is InChI=1S/C15H17F3N4OS/c1-9(2)13-21-11(8-24-13)7-20-14(19)22-10-3-5-12(6-4-10)23-15(16,17)18/h3-6,8-9H,7H2,1-2H3,(H3,19,20,22). The Kier molecular flexibility index (Phi) is 5.66. The maximum Gasteiger partial charge on any atom is 0.573 e. The Morgan fingerprint density at radius 2 is 2.00 bits per heavy atom. The molecule has 9 heteroatoms. The fourth-order valence-corrected chi connectivity index (χ4v) is 2.58. The van der Waals surface area contributed by atoms with Crippen LogP contribution in [0.3, 0.4) is 0 Å². The summed E-state index contributed by atoms with van der Waals surface area (Å²) in [6.45, 7) is 4.46. The van der Waals surface area contributed by atoms with Crippen LogP contribution in [0.5, 0.6) is 5.75 Å². The molecule has 0 saturated heterocycles. The number of nitrogens with two attached hydrogens (primary N) is 1. The lowest BCUT2D eigenvalue weighted by Crippen LogP contribution is -2.22. The van der Waals surface area contributed by atoms with Crippen molar-refractivity contribution in [2.75, 3.05) is 5.32 Å². The third-order valence-corrected chi connectivity index (χ3v) is 4.03.